The van der Waals surface area contributed by atoms with E-state index in [1.54, 1.807) is 18.2 Å². The number of rotatable bonds is 6. The fourth-order valence-electron chi connectivity index (χ4n) is 1.62. The van der Waals surface area contributed by atoms with Gasteiger partial charge in [-0.1, -0.05) is 30.3 Å². The third-order valence-electron chi connectivity index (χ3n) is 2.68. The highest BCUT2D eigenvalue weighted by Crippen LogP contribution is 2.25. The zero-order chi connectivity index (χ0) is 15.1. The summed E-state index contributed by atoms with van der Waals surface area (Å²) >= 11 is 3.28. The van der Waals surface area contributed by atoms with Crippen molar-refractivity contribution in [1.29, 1.82) is 0 Å². The number of esters is 1. The van der Waals surface area contributed by atoms with Crippen LogP contribution in [0.25, 0.3) is 0 Å². The maximum absolute atomic E-state index is 11.6. The minimum atomic E-state index is -0.454. The maximum Gasteiger partial charge on any atom is 0.344 e. The molecule has 2 aromatic rings. The first-order valence-electron chi connectivity index (χ1n) is 6.26. The minimum absolute atomic E-state index is 0.189. The van der Waals surface area contributed by atoms with Crippen LogP contribution in [-0.2, 0) is 16.1 Å². The van der Waals surface area contributed by atoms with Crippen LogP contribution in [0.15, 0.2) is 53.0 Å². The third kappa shape index (κ3) is 4.72. The van der Waals surface area contributed by atoms with Gasteiger partial charge in [-0.05, 0) is 39.7 Å². The molecule has 0 atom stereocenters. The van der Waals surface area contributed by atoms with Crippen molar-refractivity contribution in [2.24, 2.45) is 0 Å². The number of hydrogen-bond donors (Lipinski definition) is 0. The molecule has 0 aliphatic heterocycles. The molecule has 0 unspecified atom stereocenters. The molecule has 21 heavy (non-hydrogen) atoms. The highest BCUT2D eigenvalue weighted by molar-refractivity contribution is 9.10. The van der Waals surface area contributed by atoms with Crippen LogP contribution in [0.1, 0.15) is 15.9 Å². The zero-order valence-corrected chi connectivity index (χ0v) is 12.7. The van der Waals surface area contributed by atoms with Crippen molar-refractivity contribution < 1.29 is 19.1 Å². The van der Waals surface area contributed by atoms with Crippen LogP contribution in [0.4, 0.5) is 0 Å². The molecule has 0 N–H and O–H groups in total. The van der Waals surface area contributed by atoms with E-state index in [1.807, 2.05) is 30.3 Å². The van der Waals surface area contributed by atoms with Gasteiger partial charge in [0.25, 0.3) is 0 Å². The average Bonchev–Trinajstić information content (AvgIpc) is 2.52. The lowest BCUT2D eigenvalue weighted by Gasteiger charge is -2.09. The summed E-state index contributed by atoms with van der Waals surface area (Å²) < 4.78 is 11.1. The Hall–Kier alpha value is -2.14. The molecule has 0 aliphatic carbocycles. The smallest absolute Gasteiger partial charge is 0.344 e. The second-order valence-electron chi connectivity index (χ2n) is 4.24. The number of hydrogen-bond acceptors (Lipinski definition) is 4. The van der Waals surface area contributed by atoms with E-state index in [2.05, 4.69) is 15.9 Å². The first kappa shape index (κ1) is 15.3. The molecule has 0 saturated heterocycles. The molecule has 2 aromatic carbocycles. The molecule has 0 spiro atoms. The lowest BCUT2D eigenvalue weighted by atomic mass is 10.2. The van der Waals surface area contributed by atoms with Crippen molar-refractivity contribution >= 4 is 28.2 Å². The standard InChI is InChI=1S/C16H13BrO4/c17-14-8-13(9-18)6-7-15(14)20-11-16(19)21-10-12-4-2-1-3-5-12/h1-9H,10-11H2. The number of aldehydes is 1. The molecule has 2 rings (SSSR count). The van der Waals surface area contributed by atoms with Crippen LogP contribution in [0.3, 0.4) is 0 Å². The highest BCUT2D eigenvalue weighted by Gasteiger charge is 2.07. The Morgan fingerprint density at radius 1 is 1.14 bits per heavy atom. The molecular formula is C16H13BrO4. The Morgan fingerprint density at radius 2 is 1.90 bits per heavy atom. The molecule has 0 heterocycles. The van der Waals surface area contributed by atoms with Gasteiger partial charge in [-0.2, -0.15) is 0 Å². The lowest BCUT2D eigenvalue weighted by molar-refractivity contribution is -0.147. The largest absolute Gasteiger partial charge is 0.481 e. The summed E-state index contributed by atoms with van der Waals surface area (Å²) in [6.45, 7) is 0.0279. The Morgan fingerprint density at radius 3 is 2.57 bits per heavy atom. The number of halogens is 1. The minimum Gasteiger partial charge on any atom is -0.481 e. The maximum atomic E-state index is 11.6. The van der Waals surface area contributed by atoms with Crippen molar-refractivity contribution in [2.75, 3.05) is 6.61 Å². The summed E-state index contributed by atoms with van der Waals surface area (Å²) in [5, 5.41) is 0. The first-order valence-corrected chi connectivity index (χ1v) is 7.05. The molecule has 0 aromatic heterocycles. The van der Waals surface area contributed by atoms with Gasteiger partial charge in [-0.3, -0.25) is 4.79 Å². The van der Waals surface area contributed by atoms with Crippen LogP contribution < -0.4 is 4.74 Å². The molecule has 0 radical (unpaired) electrons. The summed E-state index contributed by atoms with van der Waals surface area (Å²) in [6.07, 6.45) is 0.739. The summed E-state index contributed by atoms with van der Waals surface area (Å²) in [7, 11) is 0. The number of carbonyl (C=O) groups excluding carboxylic acids is 2. The van der Waals surface area contributed by atoms with Gasteiger partial charge in [0.1, 0.15) is 18.6 Å². The van der Waals surface area contributed by atoms with Gasteiger partial charge in [0.15, 0.2) is 6.61 Å². The Labute approximate surface area is 130 Å². The summed E-state index contributed by atoms with van der Waals surface area (Å²) in [5.74, 6) is 0.0301. The molecule has 0 aliphatic rings. The van der Waals surface area contributed by atoms with Gasteiger partial charge in [-0.25, -0.2) is 4.79 Å². The van der Waals surface area contributed by atoms with Crippen molar-refractivity contribution in [2.45, 2.75) is 6.61 Å². The molecule has 108 valence electrons. The number of carbonyl (C=O) groups is 2. The SMILES string of the molecule is O=Cc1ccc(OCC(=O)OCc2ccccc2)c(Br)c1. The van der Waals surface area contributed by atoms with E-state index in [-0.39, 0.29) is 13.2 Å². The van der Waals surface area contributed by atoms with E-state index in [0.29, 0.717) is 15.8 Å². The van der Waals surface area contributed by atoms with E-state index in [9.17, 15) is 9.59 Å². The van der Waals surface area contributed by atoms with Gasteiger partial charge in [-0.15, -0.1) is 0 Å². The lowest BCUT2D eigenvalue weighted by Crippen LogP contribution is -2.15. The molecule has 0 saturated carbocycles. The summed E-state index contributed by atoms with van der Waals surface area (Å²) in [6, 6.07) is 14.3. The number of ether oxygens (including phenoxy) is 2. The molecule has 0 bridgehead atoms. The molecular weight excluding hydrogens is 336 g/mol. The van der Waals surface area contributed by atoms with Crippen LogP contribution in [0.5, 0.6) is 5.75 Å². The van der Waals surface area contributed by atoms with Crippen LogP contribution in [0.2, 0.25) is 0 Å². The summed E-state index contributed by atoms with van der Waals surface area (Å²) in [5.41, 5.74) is 1.45. The highest BCUT2D eigenvalue weighted by atomic mass is 79.9. The van der Waals surface area contributed by atoms with Gasteiger partial charge in [0.05, 0.1) is 4.47 Å². The normalized spacial score (nSPS) is 9.95. The fraction of sp³-hybridized carbons (Fsp3) is 0.125. The first-order chi connectivity index (χ1) is 10.2. The molecule has 0 fully saturated rings. The fourth-order valence-corrected chi connectivity index (χ4v) is 2.13. The number of benzene rings is 2. The van der Waals surface area contributed by atoms with Gasteiger partial charge in [0, 0.05) is 5.56 Å². The van der Waals surface area contributed by atoms with Gasteiger partial charge < -0.3 is 9.47 Å². The van der Waals surface area contributed by atoms with Crippen molar-refractivity contribution in [3.8, 4) is 5.75 Å². The quantitative estimate of drug-likeness (QED) is 0.593. The Bertz CT molecular complexity index is 625. The topological polar surface area (TPSA) is 52.6 Å². The predicted octanol–water partition coefficient (Wildman–Crippen LogP) is 3.38. The summed E-state index contributed by atoms with van der Waals surface area (Å²) in [4.78, 5) is 22.2. The van der Waals surface area contributed by atoms with E-state index >= 15 is 0 Å². The van der Waals surface area contributed by atoms with Crippen molar-refractivity contribution in [3.63, 3.8) is 0 Å². The van der Waals surface area contributed by atoms with Crippen LogP contribution in [-0.4, -0.2) is 18.9 Å². The average molecular weight is 349 g/mol. The molecule has 4 nitrogen and oxygen atoms in total. The second kappa shape index (κ2) is 7.59. The van der Waals surface area contributed by atoms with Crippen molar-refractivity contribution in [3.05, 3.63) is 64.1 Å². The molecule has 0 amide bonds. The van der Waals surface area contributed by atoms with Crippen LogP contribution >= 0.6 is 15.9 Å². The Balaban J connectivity index is 1.82. The zero-order valence-electron chi connectivity index (χ0n) is 11.1. The van der Waals surface area contributed by atoms with E-state index in [4.69, 9.17) is 9.47 Å². The van der Waals surface area contributed by atoms with Gasteiger partial charge in [0.2, 0.25) is 0 Å². The van der Waals surface area contributed by atoms with Gasteiger partial charge >= 0.3 is 5.97 Å². The third-order valence-corrected chi connectivity index (χ3v) is 3.30. The monoisotopic (exact) mass is 348 g/mol. The second-order valence-corrected chi connectivity index (χ2v) is 5.10. The Kier molecular flexibility index (Phi) is 5.51. The molecule has 5 heteroatoms. The van der Waals surface area contributed by atoms with E-state index in [1.165, 1.54) is 0 Å². The van der Waals surface area contributed by atoms with E-state index in [0.717, 1.165) is 11.8 Å². The predicted molar refractivity (Wildman–Crippen MR) is 81.3 cm³/mol. The van der Waals surface area contributed by atoms with E-state index < -0.39 is 5.97 Å². The van der Waals surface area contributed by atoms with Crippen LogP contribution in [0, 0.1) is 0 Å². The van der Waals surface area contributed by atoms with Crippen molar-refractivity contribution in [1.82, 2.24) is 0 Å².